The number of hydrogen-bond donors (Lipinski definition) is 2. The normalized spacial score (nSPS) is 15.5. The summed E-state index contributed by atoms with van der Waals surface area (Å²) in [5.41, 5.74) is 0.937. The Labute approximate surface area is 189 Å². The quantitative estimate of drug-likeness (QED) is 0.429. The second-order valence-corrected chi connectivity index (χ2v) is 8.35. The first kappa shape index (κ1) is 23.2. The van der Waals surface area contributed by atoms with Crippen molar-refractivity contribution in [1.82, 2.24) is 15.5 Å². The van der Waals surface area contributed by atoms with Crippen molar-refractivity contribution < 1.29 is 14.2 Å². The van der Waals surface area contributed by atoms with Crippen molar-refractivity contribution in [3.63, 3.8) is 0 Å². The molecule has 1 fully saturated rings. The monoisotopic (exact) mass is 446 g/mol. The zero-order valence-corrected chi connectivity index (χ0v) is 19.8. The number of methoxy groups -OCH3 is 3. The Morgan fingerprint density at radius 3 is 2.39 bits per heavy atom. The highest BCUT2D eigenvalue weighted by Crippen LogP contribution is 2.35. The molecule has 3 rings (SSSR count). The fraction of sp³-hybridized carbons (Fsp3) is 0.522. The fourth-order valence-electron chi connectivity index (χ4n) is 3.86. The Morgan fingerprint density at radius 1 is 1.06 bits per heavy atom. The average Bonchev–Trinajstić information content (AvgIpc) is 3.52. The Bertz CT molecular complexity index is 836. The summed E-state index contributed by atoms with van der Waals surface area (Å²) in [6.07, 6.45) is 2.55. The van der Waals surface area contributed by atoms with Crippen LogP contribution < -0.4 is 24.8 Å². The van der Waals surface area contributed by atoms with E-state index >= 15 is 0 Å². The van der Waals surface area contributed by atoms with Gasteiger partial charge in [-0.15, -0.1) is 11.3 Å². The van der Waals surface area contributed by atoms with Crippen molar-refractivity contribution in [1.29, 1.82) is 0 Å². The molecule has 1 atom stereocenters. The van der Waals surface area contributed by atoms with Crippen LogP contribution in [0.5, 0.6) is 17.2 Å². The molecule has 0 radical (unpaired) electrons. The van der Waals surface area contributed by atoms with Crippen LogP contribution in [0.4, 0.5) is 0 Å². The molecule has 7 nitrogen and oxygen atoms in total. The number of nitrogens with one attached hydrogen (secondary N) is 2. The van der Waals surface area contributed by atoms with Gasteiger partial charge >= 0.3 is 0 Å². The van der Waals surface area contributed by atoms with Gasteiger partial charge in [-0.05, 0) is 50.4 Å². The summed E-state index contributed by atoms with van der Waals surface area (Å²) >= 11 is 1.82. The van der Waals surface area contributed by atoms with Gasteiger partial charge in [0.05, 0.1) is 33.9 Å². The lowest BCUT2D eigenvalue weighted by atomic mass is 10.1. The third-order valence-electron chi connectivity index (χ3n) is 5.45. The Morgan fingerprint density at radius 2 is 1.77 bits per heavy atom. The first-order valence-corrected chi connectivity index (χ1v) is 11.7. The molecular weight excluding hydrogens is 412 g/mol. The first-order valence-electron chi connectivity index (χ1n) is 10.8. The maximum Gasteiger partial charge on any atom is 0.191 e. The summed E-state index contributed by atoms with van der Waals surface area (Å²) in [6.45, 7) is 6.46. The van der Waals surface area contributed by atoms with E-state index in [1.54, 1.807) is 21.3 Å². The van der Waals surface area contributed by atoms with E-state index in [2.05, 4.69) is 40.0 Å². The van der Waals surface area contributed by atoms with Crippen molar-refractivity contribution in [3.05, 3.63) is 40.1 Å². The molecule has 1 aliphatic rings. The van der Waals surface area contributed by atoms with Gasteiger partial charge in [-0.1, -0.05) is 6.07 Å². The molecule has 2 aromatic rings. The van der Waals surface area contributed by atoms with E-state index in [1.807, 2.05) is 23.5 Å². The van der Waals surface area contributed by atoms with Gasteiger partial charge in [-0.2, -0.15) is 0 Å². The molecule has 2 N–H and O–H groups in total. The van der Waals surface area contributed by atoms with E-state index in [0.717, 1.165) is 43.5 Å². The van der Waals surface area contributed by atoms with Gasteiger partial charge < -0.3 is 24.8 Å². The maximum atomic E-state index is 5.54. The minimum atomic E-state index is 0.363. The largest absolute Gasteiger partial charge is 0.496 e. The molecule has 170 valence electrons. The van der Waals surface area contributed by atoms with Crippen LogP contribution >= 0.6 is 11.3 Å². The molecule has 1 aliphatic heterocycles. The molecule has 0 saturated carbocycles. The van der Waals surface area contributed by atoms with Gasteiger partial charge in [-0.3, -0.25) is 4.90 Å². The molecular formula is C23H34N4O3S. The number of hydrogen-bond acceptors (Lipinski definition) is 6. The Balaban J connectivity index is 1.74. The zero-order valence-electron chi connectivity index (χ0n) is 18.9. The second kappa shape index (κ2) is 11.8. The number of thiophene rings is 1. The molecule has 1 aromatic carbocycles. The third-order valence-corrected chi connectivity index (χ3v) is 6.43. The summed E-state index contributed by atoms with van der Waals surface area (Å²) in [6, 6.07) is 8.48. The number of nitrogens with zero attached hydrogens (tertiary/aromatic N) is 2. The number of rotatable bonds is 10. The number of ether oxygens (including phenoxy) is 3. The van der Waals surface area contributed by atoms with E-state index in [4.69, 9.17) is 19.2 Å². The highest BCUT2D eigenvalue weighted by atomic mass is 32.1. The minimum Gasteiger partial charge on any atom is -0.496 e. The van der Waals surface area contributed by atoms with E-state index in [-0.39, 0.29) is 0 Å². The minimum absolute atomic E-state index is 0.363. The van der Waals surface area contributed by atoms with Gasteiger partial charge in [0, 0.05) is 29.6 Å². The molecule has 0 aliphatic carbocycles. The first-order chi connectivity index (χ1) is 15.2. The van der Waals surface area contributed by atoms with E-state index in [0.29, 0.717) is 24.1 Å². The van der Waals surface area contributed by atoms with Crippen LogP contribution in [0.3, 0.4) is 0 Å². The molecule has 2 heterocycles. The lowest BCUT2D eigenvalue weighted by Gasteiger charge is -2.27. The van der Waals surface area contributed by atoms with Gasteiger partial charge in [0.2, 0.25) is 0 Å². The van der Waals surface area contributed by atoms with Crippen molar-refractivity contribution in [2.45, 2.75) is 32.4 Å². The number of benzene rings is 1. The number of aliphatic imine (C=N–C) groups is 1. The molecule has 1 unspecified atom stereocenters. The molecule has 0 bridgehead atoms. The van der Waals surface area contributed by atoms with Crippen LogP contribution in [0.1, 0.15) is 36.2 Å². The van der Waals surface area contributed by atoms with E-state index < -0.39 is 0 Å². The molecule has 1 saturated heterocycles. The van der Waals surface area contributed by atoms with E-state index in [1.165, 1.54) is 17.7 Å². The van der Waals surface area contributed by atoms with Gasteiger partial charge in [-0.25, -0.2) is 4.99 Å². The predicted octanol–water partition coefficient (Wildman–Crippen LogP) is 3.67. The van der Waals surface area contributed by atoms with Crippen LogP contribution in [0, 0.1) is 0 Å². The Kier molecular flexibility index (Phi) is 8.85. The van der Waals surface area contributed by atoms with Crippen LogP contribution in [-0.2, 0) is 6.54 Å². The van der Waals surface area contributed by atoms with Crippen molar-refractivity contribution in [3.8, 4) is 17.2 Å². The molecule has 8 heteroatoms. The SMILES string of the molecule is CCNC(=NCc1cc(OC)c(OC)cc1OC)NCC(c1cccs1)N1CCCC1. The summed E-state index contributed by atoms with van der Waals surface area (Å²) in [5.74, 6) is 2.82. The molecule has 1 aromatic heterocycles. The van der Waals surface area contributed by atoms with Gasteiger partial charge in [0.15, 0.2) is 17.5 Å². The average molecular weight is 447 g/mol. The predicted molar refractivity (Wildman–Crippen MR) is 127 cm³/mol. The number of likely N-dealkylation sites (tertiary alicyclic amines) is 1. The van der Waals surface area contributed by atoms with E-state index in [9.17, 15) is 0 Å². The highest BCUT2D eigenvalue weighted by Gasteiger charge is 2.24. The molecule has 0 amide bonds. The van der Waals surface area contributed by atoms with Crippen LogP contribution in [0.2, 0.25) is 0 Å². The lowest BCUT2D eigenvalue weighted by Crippen LogP contribution is -2.42. The molecule has 0 spiro atoms. The number of guanidine groups is 1. The molecule has 31 heavy (non-hydrogen) atoms. The van der Waals surface area contributed by atoms with Crippen LogP contribution in [0.15, 0.2) is 34.6 Å². The van der Waals surface area contributed by atoms with Crippen molar-refractivity contribution >= 4 is 17.3 Å². The summed E-state index contributed by atoms with van der Waals surface area (Å²) < 4.78 is 16.4. The zero-order chi connectivity index (χ0) is 22.1. The standard InChI is InChI=1S/C23H34N4O3S/c1-5-24-23(25-15-17-13-20(29-3)21(30-4)14-19(17)28-2)26-16-18(22-9-8-12-31-22)27-10-6-7-11-27/h8-9,12-14,18H,5-7,10-11,15-16H2,1-4H3,(H2,24,25,26). The van der Waals surface area contributed by atoms with Crippen LogP contribution in [-0.4, -0.2) is 58.4 Å². The van der Waals surface area contributed by atoms with Crippen molar-refractivity contribution in [2.75, 3.05) is 47.5 Å². The summed E-state index contributed by atoms with van der Waals surface area (Å²) in [5, 5.41) is 9.07. The third kappa shape index (κ3) is 6.04. The topological polar surface area (TPSA) is 67.4 Å². The second-order valence-electron chi connectivity index (χ2n) is 7.37. The van der Waals surface area contributed by atoms with Gasteiger partial charge in [0.1, 0.15) is 5.75 Å². The smallest absolute Gasteiger partial charge is 0.191 e. The summed E-state index contributed by atoms with van der Waals surface area (Å²) in [4.78, 5) is 8.77. The van der Waals surface area contributed by atoms with Crippen LogP contribution in [0.25, 0.3) is 0 Å². The van der Waals surface area contributed by atoms with Crippen molar-refractivity contribution in [2.24, 2.45) is 4.99 Å². The Hall–Kier alpha value is -2.45. The maximum absolute atomic E-state index is 5.54. The lowest BCUT2D eigenvalue weighted by molar-refractivity contribution is 0.249. The fourth-order valence-corrected chi connectivity index (χ4v) is 4.72. The summed E-state index contributed by atoms with van der Waals surface area (Å²) in [7, 11) is 4.90. The van der Waals surface area contributed by atoms with Gasteiger partial charge in [0.25, 0.3) is 0 Å². The highest BCUT2D eigenvalue weighted by molar-refractivity contribution is 7.10.